The van der Waals surface area contributed by atoms with Crippen molar-refractivity contribution in [1.29, 1.82) is 0 Å². The highest BCUT2D eigenvalue weighted by Crippen LogP contribution is 2.55. The van der Waals surface area contributed by atoms with Crippen LogP contribution in [0.15, 0.2) is 36.4 Å². The molecule has 2 aliphatic rings. The number of aryl methyl sites for hydroxylation is 1. The van der Waals surface area contributed by atoms with Crippen molar-refractivity contribution in [3.8, 4) is 11.5 Å². The quantitative estimate of drug-likeness (QED) is 0.456. The molecule has 4 rings (SSSR count). The zero-order valence-corrected chi connectivity index (χ0v) is 16.5. The van der Waals surface area contributed by atoms with Gasteiger partial charge in [-0.3, -0.25) is 10.1 Å². The lowest BCUT2D eigenvalue weighted by Crippen LogP contribution is -2.30. The van der Waals surface area contributed by atoms with E-state index in [0.29, 0.717) is 17.2 Å². The number of rotatable bonds is 4. The lowest BCUT2D eigenvalue weighted by Gasteiger charge is -2.38. The molecular weight excluding hydrogens is 356 g/mol. The summed E-state index contributed by atoms with van der Waals surface area (Å²) in [5.41, 5.74) is 4.82. The summed E-state index contributed by atoms with van der Waals surface area (Å²) in [7, 11) is 3.24. The first-order chi connectivity index (χ1) is 13.5. The van der Waals surface area contributed by atoms with E-state index in [1.54, 1.807) is 20.3 Å². The number of para-hydroxylation sites is 1. The number of hydrogen-bond acceptors (Lipinski definition) is 5. The fourth-order valence-electron chi connectivity index (χ4n) is 4.69. The third-order valence-electron chi connectivity index (χ3n) is 6.11. The number of nitro benzene ring substituents is 1. The second-order valence-corrected chi connectivity index (χ2v) is 7.44. The van der Waals surface area contributed by atoms with Crippen LogP contribution in [-0.2, 0) is 0 Å². The average Bonchev–Trinajstić information content (AvgIpc) is 3.18. The molecule has 1 N–H and O–H groups in total. The van der Waals surface area contributed by atoms with Gasteiger partial charge in [0.2, 0.25) is 0 Å². The summed E-state index contributed by atoms with van der Waals surface area (Å²) in [4.78, 5) is 11.5. The molecule has 1 aliphatic carbocycles. The Kier molecular flexibility index (Phi) is 4.49. The van der Waals surface area contributed by atoms with E-state index in [-0.39, 0.29) is 28.5 Å². The summed E-state index contributed by atoms with van der Waals surface area (Å²) in [6.07, 6.45) is 5.28. The summed E-state index contributed by atoms with van der Waals surface area (Å²) < 4.78 is 11.1. The van der Waals surface area contributed by atoms with Crippen molar-refractivity contribution < 1.29 is 14.4 Å². The van der Waals surface area contributed by atoms with Gasteiger partial charge in [-0.25, -0.2) is 0 Å². The molecule has 2 aromatic rings. The Labute approximate surface area is 164 Å². The van der Waals surface area contributed by atoms with Crippen LogP contribution in [0.4, 0.5) is 11.4 Å². The summed E-state index contributed by atoms with van der Waals surface area (Å²) in [6, 6.07) is 7.35. The van der Waals surface area contributed by atoms with Gasteiger partial charge in [0, 0.05) is 17.5 Å². The molecule has 0 saturated heterocycles. The Morgan fingerprint density at radius 3 is 2.68 bits per heavy atom. The van der Waals surface area contributed by atoms with Gasteiger partial charge in [0.25, 0.3) is 5.69 Å². The topological polar surface area (TPSA) is 73.6 Å². The monoisotopic (exact) mass is 380 g/mol. The number of allylic oxidation sites excluding steroid dienone is 2. The number of methoxy groups -OCH3 is 2. The Bertz CT molecular complexity index is 983. The molecule has 0 bridgehead atoms. The van der Waals surface area contributed by atoms with Gasteiger partial charge in [0.05, 0.1) is 25.2 Å². The van der Waals surface area contributed by atoms with Crippen LogP contribution < -0.4 is 14.8 Å². The number of hydrogen-bond donors (Lipinski definition) is 1. The number of anilines is 1. The molecule has 0 saturated carbocycles. The maximum Gasteiger partial charge on any atom is 0.292 e. The minimum absolute atomic E-state index is 0.113. The molecule has 6 heteroatoms. The van der Waals surface area contributed by atoms with Crippen molar-refractivity contribution in [2.75, 3.05) is 19.5 Å². The predicted molar refractivity (Wildman–Crippen MR) is 108 cm³/mol. The van der Waals surface area contributed by atoms with Crippen molar-refractivity contribution in [3.05, 3.63) is 68.8 Å². The van der Waals surface area contributed by atoms with Crippen LogP contribution in [0.2, 0.25) is 0 Å². The molecule has 0 radical (unpaired) electrons. The van der Waals surface area contributed by atoms with Crippen molar-refractivity contribution in [2.24, 2.45) is 5.92 Å². The fraction of sp³-hybridized carbons (Fsp3) is 0.364. The molecule has 0 fully saturated rings. The number of nitrogens with one attached hydrogen (secondary N) is 1. The van der Waals surface area contributed by atoms with Crippen LogP contribution in [0.5, 0.6) is 11.5 Å². The second kappa shape index (κ2) is 6.86. The van der Waals surface area contributed by atoms with Crippen molar-refractivity contribution in [2.45, 2.75) is 32.2 Å². The van der Waals surface area contributed by atoms with Gasteiger partial charge in [0.1, 0.15) is 5.69 Å². The number of nitrogens with zero attached hydrogens (tertiary/aromatic N) is 1. The average molecular weight is 380 g/mol. The van der Waals surface area contributed by atoms with E-state index in [9.17, 15) is 10.1 Å². The van der Waals surface area contributed by atoms with Crippen LogP contribution in [0, 0.1) is 29.9 Å². The summed E-state index contributed by atoms with van der Waals surface area (Å²) in [6.45, 7) is 3.99. The smallest absolute Gasteiger partial charge is 0.292 e. The number of nitro groups is 1. The van der Waals surface area contributed by atoms with Gasteiger partial charge in [-0.2, -0.15) is 0 Å². The number of benzene rings is 2. The molecule has 28 heavy (non-hydrogen) atoms. The molecule has 6 nitrogen and oxygen atoms in total. The van der Waals surface area contributed by atoms with E-state index in [2.05, 4.69) is 24.4 Å². The van der Waals surface area contributed by atoms with E-state index in [1.165, 1.54) is 0 Å². The third-order valence-corrected chi connectivity index (χ3v) is 6.11. The molecule has 3 atom stereocenters. The molecule has 0 aromatic heterocycles. The van der Waals surface area contributed by atoms with Gasteiger partial charge < -0.3 is 14.8 Å². The third kappa shape index (κ3) is 2.63. The maximum absolute atomic E-state index is 11.8. The van der Waals surface area contributed by atoms with Gasteiger partial charge >= 0.3 is 0 Å². The van der Waals surface area contributed by atoms with Crippen LogP contribution in [0.3, 0.4) is 0 Å². The molecule has 1 heterocycles. The Morgan fingerprint density at radius 2 is 2.00 bits per heavy atom. The first kappa shape index (κ1) is 18.3. The van der Waals surface area contributed by atoms with Crippen LogP contribution in [-0.4, -0.2) is 19.1 Å². The van der Waals surface area contributed by atoms with E-state index in [1.807, 2.05) is 25.1 Å². The first-order valence-electron chi connectivity index (χ1n) is 9.40. The lowest BCUT2D eigenvalue weighted by molar-refractivity contribution is -0.384. The van der Waals surface area contributed by atoms with Crippen molar-refractivity contribution in [1.82, 2.24) is 0 Å². The highest BCUT2D eigenvalue weighted by atomic mass is 16.6. The van der Waals surface area contributed by atoms with Crippen molar-refractivity contribution in [3.63, 3.8) is 0 Å². The maximum atomic E-state index is 11.8. The summed E-state index contributed by atoms with van der Waals surface area (Å²) >= 11 is 0. The molecule has 0 spiro atoms. The Morgan fingerprint density at radius 1 is 1.21 bits per heavy atom. The lowest BCUT2D eigenvalue weighted by atomic mass is 9.74. The minimum atomic E-state index is -0.295. The molecule has 0 unspecified atom stereocenters. The van der Waals surface area contributed by atoms with E-state index in [4.69, 9.17) is 9.47 Å². The van der Waals surface area contributed by atoms with Gasteiger partial charge in [0.15, 0.2) is 11.5 Å². The largest absolute Gasteiger partial charge is 0.493 e. The van der Waals surface area contributed by atoms with Gasteiger partial charge in [-0.1, -0.05) is 24.3 Å². The normalized spacial score (nSPS) is 22.2. The highest BCUT2D eigenvalue weighted by molar-refractivity contribution is 5.75. The zero-order valence-electron chi connectivity index (χ0n) is 16.5. The Balaban J connectivity index is 1.93. The Hall–Kier alpha value is -3.02. The minimum Gasteiger partial charge on any atom is -0.493 e. The zero-order chi connectivity index (χ0) is 20.0. The molecule has 1 aliphatic heterocycles. The van der Waals surface area contributed by atoms with E-state index >= 15 is 0 Å². The standard InChI is InChI=1S/C22H24N2O4/c1-12-11-17(24(25)26)21-19(13(12)2)14-7-5-8-15(14)20(23-21)16-9-6-10-18(27-3)22(16)28-4/h5-7,9-11,14-15,20,23H,8H2,1-4H3/t14-,15+,20+/m0/s1. The fourth-order valence-corrected chi connectivity index (χ4v) is 4.69. The van der Waals surface area contributed by atoms with Gasteiger partial charge in [-0.05, 0) is 48.9 Å². The molecule has 0 amide bonds. The summed E-state index contributed by atoms with van der Waals surface area (Å²) in [5, 5.41) is 15.3. The molecular formula is C22H24N2O4. The number of ether oxygens (including phenoxy) is 2. The van der Waals surface area contributed by atoms with Crippen LogP contribution in [0.25, 0.3) is 0 Å². The number of fused-ring (bicyclic) bond motifs is 3. The van der Waals surface area contributed by atoms with E-state index < -0.39 is 0 Å². The first-order valence-corrected chi connectivity index (χ1v) is 9.40. The van der Waals surface area contributed by atoms with Gasteiger partial charge in [-0.15, -0.1) is 0 Å². The van der Waals surface area contributed by atoms with Crippen LogP contribution in [0.1, 0.15) is 40.6 Å². The molecule has 2 aromatic carbocycles. The SMILES string of the molecule is COc1cccc([C@@H]2Nc3c([N+](=O)[O-])cc(C)c(C)c3[C@H]3C=CC[C@H]32)c1OC. The van der Waals surface area contributed by atoms with E-state index in [0.717, 1.165) is 28.7 Å². The predicted octanol–water partition coefficient (Wildman–Crippen LogP) is 5.06. The second-order valence-electron chi connectivity index (χ2n) is 7.44. The summed E-state index contributed by atoms with van der Waals surface area (Å²) in [5.74, 6) is 1.72. The molecule has 146 valence electrons. The van der Waals surface area contributed by atoms with Crippen LogP contribution >= 0.6 is 0 Å². The highest BCUT2D eigenvalue weighted by Gasteiger charge is 2.43. The van der Waals surface area contributed by atoms with Crippen molar-refractivity contribution >= 4 is 11.4 Å².